The van der Waals surface area contributed by atoms with E-state index in [9.17, 15) is 4.79 Å². The van der Waals surface area contributed by atoms with E-state index in [-0.39, 0.29) is 6.04 Å². The number of amides is 1. The van der Waals surface area contributed by atoms with E-state index in [1.54, 1.807) is 6.07 Å². The van der Waals surface area contributed by atoms with Crippen molar-refractivity contribution in [2.45, 2.75) is 25.8 Å². The number of piperidine rings is 1. The molecule has 1 aliphatic rings. The lowest BCUT2D eigenvalue weighted by molar-refractivity contribution is 0.100. The Morgan fingerprint density at radius 2 is 2.37 bits per heavy atom. The summed E-state index contributed by atoms with van der Waals surface area (Å²) in [6, 6.07) is 5.62. The molecule has 1 aromatic carbocycles. The first-order valence-electron chi connectivity index (χ1n) is 6.65. The number of halogens is 1. The summed E-state index contributed by atoms with van der Waals surface area (Å²) in [5.41, 5.74) is 6.49. The van der Waals surface area contributed by atoms with Gasteiger partial charge in [0, 0.05) is 11.7 Å². The quantitative estimate of drug-likeness (QED) is 0.793. The lowest BCUT2D eigenvalue weighted by Gasteiger charge is -2.30. The van der Waals surface area contributed by atoms with Gasteiger partial charge in [0.2, 0.25) is 0 Å². The SMILES string of the molecule is CC(Nc1cccc(Cl)c1C(N)=O)C1CCCNC1. The van der Waals surface area contributed by atoms with Crippen LogP contribution in [0.3, 0.4) is 0 Å². The maximum atomic E-state index is 11.5. The Bertz CT molecular complexity index is 458. The minimum absolute atomic E-state index is 0.268. The molecule has 4 nitrogen and oxygen atoms in total. The van der Waals surface area contributed by atoms with Crippen LogP contribution in [0.25, 0.3) is 0 Å². The minimum Gasteiger partial charge on any atom is -0.382 e. The van der Waals surface area contributed by atoms with Crippen LogP contribution in [0.5, 0.6) is 0 Å². The van der Waals surface area contributed by atoms with Gasteiger partial charge in [-0.25, -0.2) is 0 Å². The molecule has 0 radical (unpaired) electrons. The van der Waals surface area contributed by atoms with Gasteiger partial charge in [-0.2, -0.15) is 0 Å². The number of carbonyl (C=O) groups excluding carboxylic acids is 1. The van der Waals surface area contributed by atoms with Gasteiger partial charge in [0.1, 0.15) is 0 Å². The average Bonchev–Trinajstić information content (AvgIpc) is 2.39. The first kappa shape index (κ1) is 14.2. The van der Waals surface area contributed by atoms with Crippen molar-refractivity contribution in [2.75, 3.05) is 18.4 Å². The second-order valence-corrected chi connectivity index (χ2v) is 5.47. The molecule has 1 aliphatic heterocycles. The Labute approximate surface area is 118 Å². The number of benzene rings is 1. The second kappa shape index (κ2) is 6.26. The Hall–Kier alpha value is -1.26. The zero-order valence-corrected chi connectivity index (χ0v) is 11.8. The lowest BCUT2D eigenvalue weighted by atomic mass is 9.92. The zero-order chi connectivity index (χ0) is 13.8. The Morgan fingerprint density at radius 1 is 1.58 bits per heavy atom. The summed E-state index contributed by atoms with van der Waals surface area (Å²) < 4.78 is 0. The molecule has 4 N–H and O–H groups in total. The molecule has 0 spiro atoms. The van der Waals surface area contributed by atoms with Crippen LogP contribution >= 0.6 is 11.6 Å². The number of hydrogen-bond acceptors (Lipinski definition) is 3. The Balaban J connectivity index is 2.14. The van der Waals surface area contributed by atoms with Crippen molar-refractivity contribution < 1.29 is 4.79 Å². The molecule has 2 rings (SSSR count). The number of rotatable bonds is 4. The van der Waals surface area contributed by atoms with Crippen molar-refractivity contribution in [3.63, 3.8) is 0 Å². The molecule has 1 amide bonds. The predicted molar refractivity (Wildman–Crippen MR) is 78.6 cm³/mol. The molecule has 0 aliphatic carbocycles. The van der Waals surface area contributed by atoms with Gasteiger partial charge in [-0.1, -0.05) is 17.7 Å². The van der Waals surface area contributed by atoms with Gasteiger partial charge in [0.15, 0.2) is 0 Å². The molecule has 1 heterocycles. The molecule has 2 unspecified atom stereocenters. The van der Waals surface area contributed by atoms with Gasteiger partial charge >= 0.3 is 0 Å². The highest BCUT2D eigenvalue weighted by molar-refractivity contribution is 6.34. The highest BCUT2D eigenvalue weighted by Gasteiger charge is 2.21. The van der Waals surface area contributed by atoms with E-state index >= 15 is 0 Å². The molecule has 5 heteroatoms. The van der Waals surface area contributed by atoms with Crippen molar-refractivity contribution in [3.05, 3.63) is 28.8 Å². The number of primary amides is 1. The zero-order valence-electron chi connectivity index (χ0n) is 11.1. The number of nitrogens with one attached hydrogen (secondary N) is 2. The van der Waals surface area contributed by atoms with Crippen molar-refractivity contribution in [3.8, 4) is 0 Å². The molecular weight excluding hydrogens is 262 g/mol. The summed E-state index contributed by atoms with van der Waals surface area (Å²) >= 11 is 6.04. The molecule has 1 fully saturated rings. The monoisotopic (exact) mass is 281 g/mol. The fraction of sp³-hybridized carbons (Fsp3) is 0.500. The van der Waals surface area contributed by atoms with Crippen LogP contribution in [0.4, 0.5) is 5.69 Å². The third-order valence-corrected chi connectivity index (χ3v) is 4.00. The minimum atomic E-state index is -0.498. The summed E-state index contributed by atoms with van der Waals surface area (Å²) in [4.78, 5) is 11.5. The first-order chi connectivity index (χ1) is 9.09. The molecule has 0 bridgehead atoms. The molecule has 1 aromatic rings. The summed E-state index contributed by atoms with van der Waals surface area (Å²) in [6.07, 6.45) is 2.38. The fourth-order valence-electron chi connectivity index (χ4n) is 2.56. The van der Waals surface area contributed by atoms with Crippen molar-refractivity contribution >= 4 is 23.2 Å². The van der Waals surface area contributed by atoms with Crippen molar-refractivity contribution in [2.24, 2.45) is 11.7 Å². The van der Waals surface area contributed by atoms with Crippen LogP contribution in [0, 0.1) is 5.92 Å². The number of hydrogen-bond donors (Lipinski definition) is 3. The van der Waals surface area contributed by atoms with E-state index in [0.29, 0.717) is 16.5 Å². The van der Waals surface area contributed by atoms with E-state index in [2.05, 4.69) is 17.6 Å². The van der Waals surface area contributed by atoms with Crippen LogP contribution < -0.4 is 16.4 Å². The third kappa shape index (κ3) is 3.39. The highest BCUT2D eigenvalue weighted by atomic mass is 35.5. The second-order valence-electron chi connectivity index (χ2n) is 5.07. The summed E-state index contributed by atoms with van der Waals surface area (Å²) in [6.45, 7) is 4.22. The fourth-order valence-corrected chi connectivity index (χ4v) is 2.83. The third-order valence-electron chi connectivity index (χ3n) is 3.69. The Morgan fingerprint density at radius 3 is 3.00 bits per heavy atom. The van der Waals surface area contributed by atoms with E-state index in [1.165, 1.54) is 12.8 Å². The average molecular weight is 282 g/mol. The molecule has 0 aromatic heterocycles. The lowest BCUT2D eigenvalue weighted by Crippen LogP contribution is -2.39. The van der Waals surface area contributed by atoms with E-state index in [0.717, 1.165) is 18.8 Å². The molecule has 19 heavy (non-hydrogen) atoms. The van der Waals surface area contributed by atoms with Crippen LogP contribution in [0.2, 0.25) is 5.02 Å². The van der Waals surface area contributed by atoms with Crippen LogP contribution in [-0.2, 0) is 0 Å². The van der Waals surface area contributed by atoms with Crippen molar-refractivity contribution in [1.82, 2.24) is 5.32 Å². The highest BCUT2D eigenvalue weighted by Crippen LogP contribution is 2.26. The van der Waals surface area contributed by atoms with E-state index in [4.69, 9.17) is 17.3 Å². The van der Waals surface area contributed by atoms with Gasteiger partial charge in [-0.3, -0.25) is 4.79 Å². The van der Waals surface area contributed by atoms with Gasteiger partial charge in [-0.15, -0.1) is 0 Å². The number of anilines is 1. The molecule has 0 saturated carbocycles. The van der Waals surface area contributed by atoms with Crippen LogP contribution in [0.15, 0.2) is 18.2 Å². The van der Waals surface area contributed by atoms with E-state index in [1.807, 2.05) is 12.1 Å². The molecular formula is C14H20ClN3O. The topological polar surface area (TPSA) is 67.1 Å². The molecule has 2 atom stereocenters. The van der Waals surface area contributed by atoms with Gasteiger partial charge in [0.05, 0.1) is 10.6 Å². The summed E-state index contributed by atoms with van der Waals surface area (Å²) in [5, 5.41) is 7.16. The molecule has 1 saturated heterocycles. The smallest absolute Gasteiger partial charge is 0.252 e. The van der Waals surface area contributed by atoms with Gasteiger partial charge < -0.3 is 16.4 Å². The van der Waals surface area contributed by atoms with Gasteiger partial charge in [0.25, 0.3) is 5.91 Å². The number of nitrogens with two attached hydrogens (primary N) is 1. The Kier molecular flexibility index (Phi) is 4.66. The van der Waals surface area contributed by atoms with Crippen molar-refractivity contribution in [1.29, 1.82) is 0 Å². The maximum Gasteiger partial charge on any atom is 0.252 e. The largest absolute Gasteiger partial charge is 0.382 e. The standard InChI is InChI=1S/C14H20ClN3O/c1-9(10-4-3-7-17-8-10)18-12-6-2-5-11(15)13(12)14(16)19/h2,5-6,9-10,17-18H,3-4,7-8H2,1H3,(H2,16,19). The van der Waals surface area contributed by atoms with E-state index < -0.39 is 5.91 Å². The molecule has 104 valence electrons. The van der Waals surface area contributed by atoms with Crippen LogP contribution in [-0.4, -0.2) is 25.0 Å². The van der Waals surface area contributed by atoms with Crippen LogP contribution in [0.1, 0.15) is 30.1 Å². The maximum absolute atomic E-state index is 11.5. The van der Waals surface area contributed by atoms with Gasteiger partial charge in [-0.05, 0) is 50.9 Å². The predicted octanol–water partition coefficient (Wildman–Crippen LogP) is 2.24. The number of carbonyl (C=O) groups is 1. The normalized spacial score (nSPS) is 20.8. The summed E-state index contributed by atoms with van der Waals surface area (Å²) in [5.74, 6) is 0.0514. The summed E-state index contributed by atoms with van der Waals surface area (Å²) in [7, 11) is 0. The first-order valence-corrected chi connectivity index (χ1v) is 7.03.